The van der Waals surface area contributed by atoms with Crippen molar-refractivity contribution in [2.24, 2.45) is 0 Å². The Labute approximate surface area is 200 Å². The van der Waals surface area contributed by atoms with Crippen molar-refractivity contribution in [1.29, 1.82) is 0 Å². The molecule has 5 rings (SSSR count). The quantitative estimate of drug-likeness (QED) is 0.268. The van der Waals surface area contributed by atoms with Crippen LogP contribution in [-0.2, 0) is 0 Å². The molecule has 4 aromatic rings. The molecule has 1 aliphatic rings. The van der Waals surface area contributed by atoms with E-state index in [1.165, 1.54) is 32.2 Å². The van der Waals surface area contributed by atoms with Crippen LogP contribution in [0.1, 0.15) is 62.2 Å². The van der Waals surface area contributed by atoms with Gasteiger partial charge in [0.15, 0.2) is 5.78 Å². The van der Waals surface area contributed by atoms with Gasteiger partial charge in [-0.2, -0.15) is 5.10 Å². The predicted molar refractivity (Wildman–Crippen MR) is 134 cm³/mol. The minimum Gasteiger partial charge on any atom is -0.300 e. The summed E-state index contributed by atoms with van der Waals surface area (Å²) in [5.41, 5.74) is 4.08. The number of carbonyl (C=O) groups excluding carboxylic acids is 1. The lowest BCUT2D eigenvalue weighted by Gasteiger charge is -2.35. The monoisotopic (exact) mass is 456 g/mol. The van der Waals surface area contributed by atoms with Gasteiger partial charge < -0.3 is 4.90 Å². The van der Waals surface area contributed by atoms with E-state index in [2.05, 4.69) is 32.3 Å². The summed E-state index contributed by atoms with van der Waals surface area (Å²) < 4.78 is 1.72. The number of unbranched alkanes of at least 4 members (excludes halogenated alkanes) is 1. The summed E-state index contributed by atoms with van der Waals surface area (Å²) in [5, 5.41) is 17.0. The Hall–Kier alpha value is -3.32. The number of para-hydroxylation sites is 1. The molecule has 1 saturated heterocycles. The van der Waals surface area contributed by atoms with Crippen molar-refractivity contribution in [3.8, 4) is 17.1 Å². The summed E-state index contributed by atoms with van der Waals surface area (Å²) >= 11 is 0. The number of piperidine rings is 1. The molecule has 1 atom stereocenters. The highest BCUT2D eigenvalue weighted by Gasteiger charge is 2.20. The van der Waals surface area contributed by atoms with Crippen molar-refractivity contribution in [2.75, 3.05) is 13.1 Å². The number of likely N-dealkylation sites (tertiary alicyclic amines) is 1. The predicted octanol–water partition coefficient (Wildman–Crippen LogP) is 5.43. The van der Waals surface area contributed by atoms with E-state index in [1.54, 1.807) is 4.68 Å². The molecule has 0 bridgehead atoms. The van der Waals surface area contributed by atoms with Crippen LogP contribution in [0.4, 0.5) is 0 Å². The molecule has 0 radical (unpaired) electrons. The van der Waals surface area contributed by atoms with Gasteiger partial charge in [-0.3, -0.25) is 9.89 Å². The molecule has 7 nitrogen and oxygen atoms in total. The Morgan fingerprint density at radius 1 is 1.09 bits per heavy atom. The maximum absolute atomic E-state index is 12.7. The molecule has 2 aromatic heterocycles. The van der Waals surface area contributed by atoms with E-state index in [4.69, 9.17) is 0 Å². The fourth-order valence-corrected chi connectivity index (χ4v) is 5.02. The van der Waals surface area contributed by atoms with Crippen molar-refractivity contribution in [1.82, 2.24) is 30.1 Å². The summed E-state index contributed by atoms with van der Waals surface area (Å²) in [6.45, 7) is 4.62. The zero-order valence-electron chi connectivity index (χ0n) is 19.8. The van der Waals surface area contributed by atoms with Gasteiger partial charge in [-0.05, 0) is 75.5 Å². The summed E-state index contributed by atoms with van der Waals surface area (Å²) in [6.07, 6.45) is 9.73. The van der Waals surface area contributed by atoms with Crippen LogP contribution in [0, 0.1) is 0 Å². The van der Waals surface area contributed by atoms with E-state index in [9.17, 15) is 4.79 Å². The van der Waals surface area contributed by atoms with Gasteiger partial charge in [-0.15, -0.1) is 5.10 Å². The number of aromatic nitrogens is 5. The van der Waals surface area contributed by atoms with Crippen LogP contribution in [-0.4, -0.2) is 55.0 Å². The first kappa shape index (κ1) is 22.5. The summed E-state index contributed by atoms with van der Waals surface area (Å²) in [5.74, 6) is 0.208. The van der Waals surface area contributed by atoms with Gasteiger partial charge in [0.1, 0.15) is 11.4 Å². The number of fused-ring (bicyclic) bond motifs is 1. The minimum atomic E-state index is 0.208. The molecule has 2 aromatic carbocycles. The van der Waals surface area contributed by atoms with Crippen LogP contribution in [0.15, 0.2) is 54.7 Å². The number of benzene rings is 2. The Morgan fingerprint density at radius 2 is 1.94 bits per heavy atom. The fraction of sp³-hybridized carbons (Fsp3) is 0.407. The Bertz CT molecular complexity index is 1240. The van der Waals surface area contributed by atoms with Crippen molar-refractivity contribution < 1.29 is 4.79 Å². The van der Waals surface area contributed by atoms with Gasteiger partial charge in [0.25, 0.3) is 0 Å². The Balaban J connectivity index is 1.17. The number of ketones is 1. The molecule has 0 saturated carbocycles. The van der Waals surface area contributed by atoms with E-state index < -0.39 is 0 Å². The first-order chi connectivity index (χ1) is 16.7. The second-order valence-corrected chi connectivity index (χ2v) is 9.19. The van der Waals surface area contributed by atoms with Gasteiger partial charge in [0, 0.05) is 23.4 Å². The third kappa shape index (κ3) is 4.80. The van der Waals surface area contributed by atoms with Gasteiger partial charge in [-0.25, -0.2) is 4.68 Å². The Morgan fingerprint density at radius 3 is 2.79 bits per heavy atom. The molecule has 1 N–H and O–H groups in total. The van der Waals surface area contributed by atoms with Crippen molar-refractivity contribution >= 4 is 16.7 Å². The number of H-pyrrole nitrogens is 1. The highest BCUT2D eigenvalue weighted by molar-refractivity contribution is 5.96. The molecule has 176 valence electrons. The summed E-state index contributed by atoms with van der Waals surface area (Å²) in [4.78, 5) is 15.3. The number of nitrogens with zero attached hydrogens (tertiary/aromatic N) is 5. The molecule has 3 heterocycles. The SMILES string of the molecule is CCC1CCCCN1CCCCC(=O)c1ccc(-n2cc(-c3n[nH]c4ccccc34)nn2)cc1. The molecule has 7 heteroatoms. The van der Waals surface area contributed by atoms with Crippen LogP contribution in [0.25, 0.3) is 28.0 Å². The van der Waals surface area contributed by atoms with Crippen LogP contribution in [0.5, 0.6) is 0 Å². The zero-order chi connectivity index (χ0) is 23.3. The van der Waals surface area contributed by atoms with Gasteiger partial charge >= 0.3 is 0 Å². The molecule has 0 spiro atoms. The van der Waals surface area contributed by atoms with Crippen LogP contribution >= 0.6 is 0 Å². The third-order valence-corrected chi connectivity index (χ3v) is 6.98. The van der Waals surface area contributed by atoms with E-state index in [0.29, 0.717) is 12.1 Å². The highest BCUT2D eigenvalue weighted by atomic mass is 16.1. The summed E-state index contributed by atoms with van der Waals surface area (Å²) in [6, 6.07) is 16.3. The second kappa shape index (κ2) is 10.3. The van der Waals surface area contributed by atoms with E-state index >= 15 is 0 Å². The van der Waals surface area contributed by atoms with Gasteiger partial charge in [0.2, 0.25) is 0 Å². The van der Waals surface area contributed by atoms with Gasteiger partial charge in [-0.1, -0.05) is 36.8 Å². The molecule has 1 aliphatic heterocycles. The first-order valence-electron chi connectivity index (χ1n) is 12.5. The molecule has 1 unspecified atom stereocenters. The number of hydrogen-bond acceptors (Lipinski definition) is 5. The van der Waals surface area contributed by atoms with Crippen molar-refractivity contribution in [3.05, 3.63) is 60.3 Å². The topological polar surface area (TPSA) is 79.7 Å². The number of aromatic amines is 1. The molecule has 1 fully saturated rings. The van der Waals surface area contributed by atoms with E-state index in [1.807, 2.05) is 54.7 Å². The molecular weight excluding hydrogens is 424 g/mol. The first-order valence-corrected chi connectivity index (χ1v) is 12.5. The largest absolute Gasteiger partial charge is 0.300 e. The lowest BCUT2D eigenvalue weighted by Crippen LogP contribution is -2.39. The lowest BCUT2D eigenvalue weighted by molar-refractivity contribution is 0.0973. The van der Waals surface area contributed by atoms with Crippen LogP contribution in [0.2, 0.25) is 0 Å². The standard InChI is InChI=1S/C27H32N6O/c1-2-21-9-5-7-17-32(21)18-8-6-12-26(34)20-13-15-22(16-14-20)33-19-25(29-31-33)27-23-10-3-4-11-24(23)28-30-27/h3-4,10-11,13-16,19,21H,2,5-9,12,17-18H2,1H3,(H,28,30). The number of rotatable bonds is 9. The van der Waals surface area contributed by atoms with Crippen molar-refractivity contribution in [3.63, 3.8) is 0 Å². The molecule has 0 aliphatic carbocycles. The maximum Gasteiger partial charge on any atom is 0.162 e. The zero-order valence-corrected chi connectivity index (χ0v) is 19.8. The lowest BCUT2D eigenvalue weighted by atomic mass is 9.99. The average Bonchev–Trinajstić information content (AvgIpc) is 3.54. The van der Waals surface area contributed by atoms with E-state index in [-0.39, 0.29) is 5.78 Å². The highest BCUT2D eigenvalue weighted by Crippen LogP contribution is 2.25. The molecular formula is C27H32N6O. The average molecular weight is 457 g/mol. The smallest absolute Gasteiger partial charge is 0.162 e. The Kier molecular flexibility index (Phi) is 6.81. The molecule has 34 heavy (non-hydrogen) atoms. The number of carbonyl (C=O) groups is 1. The minimum absolute atomic E-state index is 0.208. The fourth-order valence-electron chi connectivity index (χ4n) is 5.02. The second-order valence-electron chi connectivity index (χ2n) is 9.19. The third-order valence-electron chi connectivity index (χ3n) is 6.98. The molecule has 0 amide bonds. The van der Waals surface area contributed by atoms with Crippen LogP contribution < -0.4 is 0 Å². The summed E-state index contributed by atoms with van der Waals surface area (Å²) in [7, 11) is 0. The number of hydrogen-bond donors (Lipinski definition) is 1. The maximum atomic E-state index is 12.7. The number of Topliss-reactive ketones (excluding diaryl/α,β-unsaturated/α-hetero) is 1. The van der Waals surface area contributed by atoms with Crippen molar-refractivity contribution in [2.45, 2.75) is 57.9 Å². The van der Waals surface area contributed by atoms with Crippen LogP contribution in [0.3, 0.4) is 0 Å². The normalized spacial score (nSPS) is 16.8. The van der Waals surface area contributed by atoms with Gasteiger partial charge in [0.05, 0.1) is 17.4 Å². The van der Waals surface area contributed by atoms with E-state index in [0.717, 1.165) is 53.3 Å². The number of nitrogens with one attached hydrogen (secondary N) is 1.